The molecule has 0 fully saturated rings. The van der Waals surface area contributed by atoms with Gasteiger partial charge >= 0.3 is 0 Å². The lowest BCUT2D eigenvalue weighted by Gasteiger charge is -2.17. The fourth-order valence-electron chi connectivity index (χ4n) is 2.59. The Morgan fingerprint density at radius 2 is 1.78 bits per heavy atom. The molecule has 23 heavy (non-hydrogen) atoms. The molecule has 0 aromatic heterocycles. The molecule has 2 aromatic carbocycles. The van der Waals surface area contributed by atoms with E-state index in [1.807, 2.05) is 43.3 Å². The van der Waals surface area contributed by atoms with Gasteiger partial charge in [0.05, 0.1) is 0 Å². The Morgan fingerprint density at radius 1 is 1.04 bits per heavy atom. The SMILES string of the molecule is Cc1cccc(NC(=O)C(C)Oc2ccc(C(C)C)c(C)c2)c1. The number of aryl methyl sites for hydroxylation is 2. The lowest BCUT2D eigenvalue weighted by Crippen LogP contribution is -2.30. The number of hydrogen-bond donors (Lipinski definition) is 1. The van der Waals surface area contributed by atoms with E-state index in [1.54, 1.807) is 6.92 Å². The van der Waals surface area contributed by atoms with Crippen LogP contribution in [0.1, 0.15) is 43.4 Å². The Hall–Kier alpha value is -2.29. The molecule has 0 spiro atoms. The van der Waals surface area contributed by atoms with Crippen molar-refractivity contribution < 1.29 is 9.53 Å². The van der Waals surface area contributed by atoms with Gasteiger partial charge in [0.1, 0.15) is 5.75 Å². The van der Waals surface area contributed by atoms with Gasteiger partial charge in [0, 0.05) is 5.69 Å². The van der Waals surface area contributed by atoms with Gasteiger partial charge in [0.2, 0.25) is 0 Å². The fraction of sp³-hybridized carbons (Fsp3) is 0.350. The second-order valence-corrected chi connectivity index (χ2v) is 6.29. The molecule has 1 unspecified atom stereocenters. The third-order valence-electron chi connectivity index (χ3n) is 3.83. The van der Waals surface area contributed by atoms with Gasteiger partial charge < -0.3 is 10.1 Å². The number of benzene rings is 2. The number of carbonyl (C=O) groups excluding carboxylic acids is 1. The molecule has 0 saturated heterocycles. The summed E-state index contributed by atoms with van der Waals surface area (Å²) in [5.74, 6) is 1.05. The summed E-state index contributed by atoms with van der Waals surface area (Å²) >= 11 is 0. The average Bonchev–Trinajstić information content (AvgIpc) is 2.46. The van der Waals surface area contributed by atoms with Gasteiger partial charge in [-0.2, -0.15) is 0 Å². The van der Waals surface area contributed by atoms with Crippen LogP contribution in [0.15, 0.2) is 42.5 Å². The van der Waals surface area contributed by atoms with Crippen LogP contribution in [0.2, 0.25) is 0 Å². The smallest absolute Gasteiger partial charge is 0.265 e. The number of nitrogens with one attached hydrogen (secondary N) is 1. The lowest BCUT2D eigenvalue weighted by molar-refractivity contribution is -0.122. The van der Waals surface area contributed by atoms with Crippen molar-refractivity contribution in [3.8, 4) is 5.75 Å². The summed E-state index contributed by atoms with van der Waals surface area (Å²) in [6, 6.07) is 13.7. The van der Waals surface area contributed by atoms with Gasteiger partial charge in [-0.3, -0.25) is 4.79 Å². The number of ether oxygens (including phenoxy) is 1. The zero-order chi connectivity index (χ0) is 17.0. The second-order valence-electron chi connectivity index (χ2n) is 6.29. The number of amides is 1. The molecule has 2 aromatic rings. The molecule has 3 nitrogen and oxygen atoms in total. The molecule has 0 aliphatic carbocycles. The molecule has 1 atom stereocenters. The predicted octanol–water partition coefficient (Wildman–Crippen LogP) is 4.83. The van der Waals surface area contributed by atoms with Crippen LogP contribution in [-0.2, 0) is 4.79 Å². The molecule has 0 aliphatic rings. The van der Waals surface area contributed by atoms with Crippen molar-refractivity contribution in [1.29, 1.82) is 0 Å². The van der Waals surface area contributed by atoms with Gasteiger partial charge in [-0.1, -0.05) is 32.0 Å². The van der Waals surface area contributed by atoms with Crippen molar-refractivity contribution in [1.82, 2.24) is 0 Å². The average molecular weight is 311 g/mol. The Bertz CT molecular complexity index is 692. The first kappa shape index (κ1) is 17.1. The van der Waals surface area contributed by atoms with Crippen LogP contribution in [-0.4, -0.2) is 12.0 Å². The van der Waals surface area contributed by atoms with E-state index in [1.165, 1.54) is 11.1 Å². The molecule has 0 aliphatic heterocycles. The number of carbonyl (C=O) groups is 1. The highest BCUT2D eigenvalue weighted by atomic mass is 16.5. The van der Waals surface area contributed by atoms with Gasteiger partial charge in [-0.15, -0.1) is 0 Å². The molecule has 3 heteroatoms. The number of rotatable bonds is 5. The first-order valence-corrected chi connectivity index (χ1v) is 8.01. The van der Waals surface area contributed by atoms with E-state index in [9.17, 15) is 4.79 Å². The predicted molar refractivity (Wildman–Crippen MR) is 95.2 cm³/mol. The quantitative estimate of drug-likeness (QED) is 0.858. The van der Waals surface area contributed by atoms with Crippen LogP contribution in [0.5, 0.6) is 5.75 Å². The maximum Gasteiger partial charge on any atom is 0.265 e. The number of anilines is 1. The van der Waals surface area contributed by atoms with Crippen LogP contribution in [0.3, 0.4) is 0 Å². The normalized spacial score (nSPS) is 12.1. The van der Waals surface area contributed by atoms with Gasteiger partial charge in [-0.05, 0) is 67.6 Å². The van der Waals surface area contributed by atoms with Gasteiger partial charge in [0.25, 0.3) is 5.91 Å². The van der Waals surface area contributed by atoms with Crippen molar-refractivity contribution in [2.75, 3.05) is 5.32 Å². The van der Waals surface area contributed by atoms with Crippen molar-refractivity contribution in [2.45, 2.75) is 46.6 Å². The molecule has 0 saturated carbocycles. The molecule has 0 radical (unpaired) electrons. The van der Waals surface area contributed by atoms with E-state index in [-0.39, 0.29) is 5.91 Å². The molecule has 2 rings (SSSR count). The molecular weight excluding hydrogens is 286 g/mol. The van der Waals surface area contributed by atoms with E-state index < -0.39 is 6.10 Å². The maximum atomic E-state index is 12.3. The first-order chi connectivity index (χ1) is 10.9. The highest BCUT2D eigenvalue weighted by Gasteiger charge is 2.15. The van der Waals surface area contributed by atoms with E-state index in [4.69, 9.17) is 4.74 Å². The fourth-order valence-corrected chi connectivity index (χ4v) is 2.59. The highest BCUT2D eigenvalue weighted by molar-refractivity contribution is 5.94. The van der Waals surface area contributed by atoms with Crippen LogP contribution in [0.25, 0.3) is 0 Å². The molecule has 1 N–H and O–H groups in total. The Kier molecular flexibility index (Phi) is 5.43. The van der Waals surface area contributed by atoms with E-state index >= 15 is 0 Å². The summed E-state index contributed by atoms with van der Waals surface area (Å²) in [4.78, 5) is 12.3. The van der Waals surface area contributed by atoms with Crippen molar-refractivity contribution >= 4 is 11.6 Å². The summed E-state index contributed by atoms with van der Waals surface area (Å²) in [6.07, 6.45) is -0.556. The third kappa shape index (κ3) is 4.59. The van der Waals surface area contributed by atoms with Crippen LogP contribution in [0, 0.1) is 13.8 Å². The highest BCUT2D eigenvalue weighted by Crippen LogP contribution is 2.24. The van der Waals surface area contributed by atoms with Gasteiger partial charge in [0.15, 0.2) is 6.10 Å². The minimum absolute atomic E-state index is 0.152. The van der Waals surface area contributed by atoms with Crippen molar-refractivity contribution in [2.24, 2.45) is 0 Å². The van der Waals surface area contributed by atoms with E-state index in [2.05, 4.69) is 32.2 Å². The second kappa shape index (κ2) is 7.32. The molecule has 0 bridgehead atoms. The summed E-state index contributed by atoms with van der Waals surface area (Å²) < 4.78 is 5.78. The van der Waals surface area contributed by atoms with Crippen molar-refractivity contribution in [3.05, 3.63) is 59.2 Å². The van der Waals surface area contributed by atoms with Crippen LogP contribution < -0.4 is 10.1 Å². The van der Waals surface area contributed by atoms with Gasteiger partial charge in [-0.25, -0.2) is 0 Å². The molecular formula is C20H25NO2. The van der Waals surface area contributed by atoms with Crippen LogP contribution in [0.4, 0.5) is 5.69 Å². The lowest BCUT2D eigenvalue weighted by atomic mass is 9.98. The summed E-state index contributed by atoms with van der Waals surface area (Å²) in [7, 11) is 0. The molecule has 1 amide bonds. The third-order valence-corrected chi connectivity index (χ3v) is 3.83. The minimum atomic E-state index is -0.556. The first-order valence-electron chi connectivity index (χ1n) is 8.01. The minimum Gasteiger partial charge on any atom is -0.481 e. The van der Waals surface area contributed by atoms with E-state index in [0.717, 1.165) is 17.0 Å². The largest absolute Gasteiger partial charge is 0.481 e. The maximum absolute atomic E-state index is 12.3. The standard InChI is InChI=1S/C20H25NO2/c1-13(2)19-10-9-18(12-15(19)4)23-16(5)20(22)21-17-8-6-7-14(3)11-17/h6-13,16H,1-5H3,(H,21,22). The molecule has 0 heterocycles. The van der Waals surface area contributed by atoms with E-state index in [0.29, 0.717) is 5.92 Å². The zero-order valence-electron chi connectivity index (χ0n) is 14.5. The topological polar surface area (TPSA) is 38.3 Å². The monoisotopic (exact) mass is 311 g/mol. The Morgan fingerprint density at radius 3 is 2.39 bits per heavy atom. The van der Waals surface area contributed by atoms with Crippen molar-refractivity contribution in [3.63, 3.8) is 0 Å². The zero-order valence-corrected chi connectivity index (χ0v) is 14.5. The Balaban J connectivity index is 2.02. The van der Waals surface area contributed by atoms with Crippen LogP contribution >= 0.6 is 0 Å². The summed E-state index contributed by atoms with van der Waals surface area (Å²) in [5.41, 5.74) is 4.38. The molecule has 122 valence electrons. The summed E-state index contributed by atoms with van der Waals surface area (Å²) in [6.45, 7) is 10.2. The number of hydrogen-bond acceptors (Lipinski definition) is 2. The Labute approximate surface area is 138 Å². The summed E-state index contributed by atoms with van der Waals surface area (Å²) in [5, 5.41) is 2.88.